The molecule has 1 aromatic carbocycles. The molecule has 0 aliphatic heterocycles. The fourth-order valence-corrected chi connectivity index (χ4v) is 4.97. The van der Waals surface area contributed by atoms with Crippen molar-refractivity contribution in [2.75, 3.05) is 6.54 Å². The summed E-state index contributed by atoms with van der Waals surface area (Å²) >= 11 is 3.45. The van der Waals surface area contributed by atoms with E-state index >= 15 is 0 Å². The standard InChI is InChI=1S/C20H25BrN2O/c1-20(2)15-6-3-14(18(20)9-15)10-22-11-17-12-24-19(23-17)13-4-7-16(21)8-5-13/h4-5,7-8,12,14-15,18,22H,3,6,9-11H2,1-2H3/t14-,15-,18-/m0/s1. The molecule has 3 nitrogen and oxygen atoms in total. The largest absolute Gasteiger partial charge is 0.444 e. The highest BCUT2D eigenvalue weighted by Crippen LogP contribution is 2.61. The molecule has 2 aromatic rings. The van der Waals surface area contributed by atoms with E-state index in [1.807, 2.05) is 24.3 Å². The molecule has 3 atom stereocenters. The molecule has 1 heterocycles. The summed E-state index contributed by atoms with van der Waals surface area (Å²) in [5, 5.41) is 3.61. The minimum Gasteiger partial charge on any atom is -0.444 e. The fraction of sp³-hybridized carbons (Fsp3) is 0.550. The van der Waals surface area contributed by atoms with Crippen LogP contribution in [-0.2, 0) is 6.54 Å². The van der Waals surface area contributed by atoms with E-state index in [9.17, 15) is 0 Å². The first-order valence-corrected chi connectivity index (χ1v) is 9.74. The molecule has 0 spiro atoms. The van der Waals surface area contributed by atoms with E-state index in [1.165, 1.54) is 19.3 Å². The van der Waals surface area contributed by atoms with Crippen molar-refractivity contribution in [3.63, 3.8) is 0 Å². The van der Waals surface area contributed by atoms with Crippen LogP contribution in [0.1, 0.15) is 38.8 Å². The van der Waals surface area contributed by atoms with Crippen molar-refractivity contribution >= 4 is 15.9 Å². The minimum atomic E-state index is 0.563. The Morgan fingerprint density at radius 2 is 2.04 bits per heavy atom. The van der Waals surface area contributed by atoms with E-state index in [1.54, 1.807) is 6.26 Å². The first kappa shape index (κ1) is 16.3. The van der Waals surface area contributed by atoms with E-state index in [-0.39, 0.29) is 0 Å². The van der Waals surface area contributed by atoms with Gasteiger partial charge in [-0.05, 0) is 73.2 Å². The van der Waals surface area contributed by atoms with Crippen molar-refractivity contribution in [1.82, 2.24) is 10.3 Å². The lowest BCUT2D eigenvalue weighted by Crippen LogP contribution is -2.54. The number of benzene rings is 1. The lowest BCUT2D eigenvalue weighted by atomic mass is 9.45. The van der Waals surface area contributed by atoms with Crippen molar-refractivity contribution in [3.05, 3.63) is 40.7 Å². The normalized spacial score (nSPS) is 27.7. The van der Waals surface area contributed by atoms with E-state index < -0.39 is 0 Å². The van der Waals surface area contributed by atoms with Gasteiger partial charge in [-0.25, -0.2) is 4.98 Å². The maximum Gasteiger partial charge on any atom is 0.226 e. The molecule has 3 fully saturated rings. The van der Waals surface area contributed by atoms with Crippen molar-refractivity contribution in [3.8, 4) is 11.5 Å². The second-order valence-electron chi connectivity index (χ2n) is 7.98. The van der Waals surface area contributed by atoms with Crippen molar-refractivity contribution < 1.29 is 4.42 Å². The van der Waals surface area contributed by atoms with Gasteiger partial charge in [-0.2, -0.15) is 0 Å². The molecule has 1 N–H and O–H groups in total. The smallest absolute Gasteiger partial charge is 0.226 e. The zero-order chi connectivity index (χ0) is 16.7. The van der Waals surface area contributed by atoms with Gasteiger partial charge in [0.25, 0.3) is 0 Å². The quantitative estimate of drug-likeness (QED) is 0.758. The second-order valence-corrected chi connectivity index (χ2v) is 8.90. The fourth-order valence-electron chi connectivity index (χ4n) is 4.71. The maximum atomic E-state index is 5.63. The molecule has 0 saturated heterocycles. The molecule has 0 radical (unpaired) electrons. The summed E-state index contributed by atoms with van der Waals surface area (Å²) in [7, 11) is 0. The molecule has 128 valence electrons. The topological polar surface area (TPSA) is 38.1 Å². The van der Waals surface area contributed by atoms with Gasteiger partial charge in [0.15, 0.2) is 0 Å². The van der Waals surface area contributed by atoms with Crippen LogP contribution in [0.25, 0.3) is 11.5 Å². The number of oxazole rings is 1. The maximum absolute atomic E-state index is 5.63. The number of rotatable bonds is 5. The average Bonchev–Trinajstić information content (AvgIpc) is 3.04. The Morgan fingerprint density at radius 3 is 2.75 bits per heavy atom. The number of fused-ring (bicyclic) bond motifs is 2. The summed E-state index contributed by atoms with van der Waals surface area (Å²) < 4.78 is 6.69. The van der Waals surface area contributed by atoms with Gasteiger partial charge in [-0.3, -0.25) is 0 Å². The Bertz CT molecular complexity index is 705. The van der Waals surface area contributed by atoms with Gasteiger partial charge >= 0.3 is 0 Å². The van der Waals surface area contributed by atoms with Crippen LogP contribution in [0.15, 0.2) is 39.4 Å². The Labute approximate surface area is 152 Å². The summed E-state index contributed by atoms with van der Waals surface area (Å²) in [6.45, 7) is 6.80. The van der Waals surface area contributed by atoms with Crippen LogP contribution >= 0.6 is 15.9 Å². The Kier molecular flexibility index (Phi) is 4.29. The van der Waals surface area contributed by atoms with Crippen LogP contribution in [-0.4, -0.2) is 11.5 Å². The van der Waals surface area contributed by atoms with E-state index in [0.717, 1.165) is 46.6 Å². The average molecular weight is 389 g/mol. The van der Waals surface area contributed by atoms with Gasteiger partial charge in [0, 0.05) is 16.6 Å². The highest BCUT2D eigenvalue weighted by Gasteiger charge is 2.53. The summed E-state index contributed by atoms with van der Waals surface area (Å²) in [4.78, 5) is 4.61. The van der Waals surface area contributed by atoms with Crippen LogP contribution in [0, 0.1) is 23.2 Å². The molecule has 3 aliphatic carbocycles. The molecule has 0 unspecified atom stereocenters. The van der Waals surface area contributed by atoms with E-state index in [0.29, 0.717) is 11.3 Å². The van der Waals surface area contributed by atoms with Gasteiger partial charge in [0.2, 0.25) is 5.89 Å². The van der Waals surface area contributed by atoms with E-state index in [2.05, 4.69) is 40.1 Å². The Balaban J connectivity index is 1.32. The number of nitrogens with zero attached hydrogens (tertiary/aromatic N) is 1. The Hall–Kier alpha value is -1.13. The third-order valence-corrected chi connectivity index (χ3v) is 6.89. The molecule has 24 heavy (non-hydrogen) atoms. The summed E-state index contributed by atoms with van der Waals surface area (Å²) in [6, 6.07) is 8.05. The minimum absolute atomic E-state index is 0.563. The van der Waals surface area contributed by atoms with Gasteiger partial charge in [0.1, 0.15) is 6.26 Å². The van der Waals surface area contributed by atoms with Crippen LogP contribution < -0.4 is 5.32 Å². The lowest BCUT2D eigenvalue weighted by Gasteiger charge is -2.60. The molecular weight excluding hydrogens is 364 g/mol. The van der Waals surface area contributed by atoms with Gasteiger partial charge < -0.3 is 9.73 Å². The number of halogens is 1. The molecule has 4 heteroatoms. The zero-order valence-corrected chi connectivity index (χ0v) is 16.0. The summed E-state index contributed by atoms with van der Waals surface area (Å²) in [5.41, 5.74) is 2.56. The monoisotopic (exact) mass is 388 g/mol. The van der Waals surface area contributed by atoms with Gasteiger partial charge in [-0.15, -0.1) is 0 Å². The van der Waals surface area contributed by atoms with E-state index in [4.69, 9.17) is 4.42 Å². The molecular formula is C20H25BrN2O. The highest BCUT2D eigenvalue weighted by atomic mass is 79.9. The van der Waals surface area contributed by atoms with Crippen LogP contribution in [0.2, 0.25) is 0 Å². The lowest BCUT2D eigenvalue weighted by molar-refractivity contribution is -0.103. The predicted octanol–water partition coefficient (Wildman–Crippen LogP) is 5.27. The third kappa shape index (κ3) is 2.95. The number of hydrogen-bond donors (Lipinski definition) is 1. The van der Waals surface area contributed by atoms with Crippen LogP contribution in [0.3, 0.4) is 0 Å². The molecule has 1 aromatic heterocycles. The predicted molar refractivity (Wildman–Crippen MR) is 99.4 cm³/mol. The zero-order valence-electron chi connectivity index (χ0n) is 14.4. The van der Waals surface area contributed by atoms with Gasteiger partial charge in [-0.1, -0.05) is 29.8 Å². The van der Waals surface area contributed by atoms with Crippen molar-refractivity contribution in [2.45, 2.75) is 39.7 Å². The highest BCUT2D eigenvalue weighted by molar-refractivity contribution is 9.10. The third-order valence-electron chi connectivity index (χ3n) is 6.36. The molecule has 3 saturated carbocycles. The Morgan fingerprint density at radius 1 is 1.25 bits per heavy atom. The van der Waals surface area contributed by atoms with Gasteiger partial charge in [0.05, 0.1) is 5.69 Å². The summed E-state index contributed by atoms with van der Waals surface area (Å²) in [5.74, 6) is 3.39. The number of hydrogen-bond acceptors (Lipinski definition) is 3. The number of nitrogens with one attached hydrogen (secondary N) is 1. The second kappa shape index (κ2) is 6.30. The van der Waals surface area contributed by atoms with Crippen molar-refractivity contribution in [2.24, 2.45) is 23.2 Å². The van der Waals surface area contributed by atoms with Crippen LogP contribution in [0.4, 0.5) is 0 Å². The first-order chi connectivity index (χ1) is 11.5. The summed E-state index contributed by atoms with van der Waals surface area (Å²) in [6.07, 6.45) is 6.01. The first-order valence-electron chi connectivity index (χ1n) is 8.95. The molecule has 3 aliphatic rings. The molecule has 5 rings (SSSR count). The number of aromatic nitrogens is 1. The van der Waals surface area contributed by atoms with Crippen LogP contribution in [0.5, 0.6) is 0 Å². The SMILES string of the molecule is CC1(C)[C@H]2CC[C@@H](CNCc3coc(-c4ccc(Br)cc4)n3)[C@@H]1C2. The molecule has 2 bridgehead atoms. The van der Waals surface area contributed by atoms with Crippen molar-refractivity contribution in [1.29, 1.82) is 0 Å². The molecule has 0 amide bonds.